The number of hydrogen-bond acceptors (Lipinski definition) is 7. The topological polar surface area (TPSA) is 102 Å². The molecule has 2 aromatic carbocycles. The van der Waals surface area contributed by atoms with Crippen LogP contribution in [0.3, 0.4) is 0 Å². The van der Waals surface area contributed by atoms with E-state index in [2.05, 4.69) is 20.6 Å². The van der Waals surface area contributed by atoms with Crippen molar-refractivity contribution in [2.24, 2.45) is 0 Å². The van der Waals surface area contributed by atoms with Crippen molar-refractivity contribution in [3.63, 3.8) is 0 Å². The van der Waals surface area contributed by atoms with Gasteiger partial charge in [-0.1, -0.05) is 0 Å². The average molecular weight is 486 g/mol. The van der Waals surface area contributed by atoms with Crippen molar-refractivity contribution in [3.8, 4) is 22.9 Å². The molecular weight excluding hydrogens is 465 g/mol. The molecule has 0 radical (unpaired) electrons. The molecule has 0 saturated carbocycles. The van der Waals surface area contributed by atoms with Gasteiger partial charge < -0.3 is 20.1 Å². The van der Waals surface area contributed by atoms with Crippen molar-refractivity contribution >= 4 is 11.9 Å². The van der Waals surface area contributed by atoms with Gasteiger partial charge >= 0.3 is 12.1 Å². The van der Waals surface area contributed by atoms with Gasteiger partial charge in [-0.25, -0.2) is 14.8 Å². The quantitative estimate of drug-likeness (QED) is 0.491. The second-order valence-electron chi connectivity index (χ2n) is 7.72. The molecule has 35 heavy (non-hydrogen) atoms. The maximum Gasteiger partial charge on any atom is 0.416 e. The third-order valence-electron chi connectivity index (χ3n) is 5.28. The summed E-state index contributed by atoms with van der Waals surface area (Å²) in [6.07, 6.45) is -3.77. The van der Waals surface area contributed by atoms with E-state index < -0.39 is 17.7 Å². The third kappa shape index (κ3) is 5.93. The Morgan fingerprint density at radius 2 is 1.74 bits per heavy atom. The number of alkyl halides is 3. The van der Waals surface area contributed by atoms with Gasteiger partial charge in [-0.05, 0) is 61.0 Å². The summed E-state index contributed by atoms with van der Waals surface area (Å²) in [5, 5.41) is 5.86. The summed E-state index contributed by atoms with van der Waals surface area (Å²) in [6.45, 7) is 0.840. The van der Waals surface area contributed by atoms with E-state index in [9.17, 15) is 22.8 Å². The molecule has 0 spiro atoms. The Morgan fingerprint density at radius 1 is 1.09 bits per heavy atom. The molecule has 4 rings (SSSR count). The minimum absolute atomic E-state index is 0.0651. The molecule has 1 aromatic heterocycles. The fourth-order valence-corrected chi connectivity index (χ4v) is 3.46. The fourth-order valence-electron chi connectivity index (χ4n) is 3.46. The minimum atomic E-state index is -4.42. The maximum absolute atomic E-state index is 12.7. The van der Waals surface area contributed by atoms with E-state index in [4.69, 9.17) is 9.47 Å². The van der Waals surface area contributed by atoms with E-state index in [0.29, 0.717) is 30.0 Å². The highest BCUT2D eigenvalue weighted by Gasteiger charge is 2.30. The number of nitrogens with one attached hydrogen (secondary N) is 2. The molecule has 1 atom stereocenters. The van der Waals surface area contributed by atoms with E-state index >= 15 is 0 Å². The van der Waals surface area contributed by atoms with E-state index in [0.717, 1.165) is 12.1 Å². The van der Waals surface area contributed by atoms with Gasteiger partial charge in [0.05, 0.1) is 24.4 Å². The number of nitrogens with zero attached hydrogens (tertiary/aromatic N) is 2. The van der Waals surface area contributed by atoms with Gasteiger partial charge in [0, 0.05) is 18.7 Å². The van der Waals surface area contributed by atoms with Crippen molar-refractivity contribution in [1.82, 2.24) is 20.6 Å². The summed E-state index contributed by atoms with van der Waals surface area (Å²) < 4.78 is 48.6. The van der Waals surface area contributed by atoms with Crippen LogP contribution in [0.1, 0.15) is 28.2 Å². The van der Waals surface area contributed by atoms with Crippen LogP contribution in [0.5, 0.6) is 11.5 Å². The van der Waals surface area contributed by atoms with Crippen LogP contribution in [0.2, 0.25) is 0 Å². The number of ether oxygens (including phenoxy) is 2. The number of methoxy groups -OCH3 is 1. The Kier molecular flexibility index (Phi) is 6.97. The number of halogens is 3. The number of hydrogen-bond donors (Lipinski definition) is 2. The minimum Gasteiger partial charge on any atom is -0.464 e. The maximum atomic E-state index is 12.7. The van der Waals surface area contributed by atoms with Crippen LogP contribution in [0, 0.1) is 0 Å². The van der Waals surface area contributed by atoms with E-state index in [1.165, 1.54) is 25.3 Å². The molecule has 2 N–H and O–H groups in total. The second kappa shape index (κ2) is 10.1. The molecule has 1 fully saturated rings. The van der Waals surface area contributed by atoms with E-state index in [1.807, 2.05) is 0 Å². The Morgan fingerprint density at radius 3 is 2.31 bits per heavy atom. The van der Waals surface area contributed by atoms with Gasteiger partial charge in [0.15, 0.2) is 11.5 Å². The van der Waals surface area contributed by atoms with Gasteiger partial charge in [0.25, 0.3) is 0 Å². The lowest BCUT2D eigenvalue weighted by Crippen LogP contribution is -2.36. The van der Waals surface area contributed by atoms with Crippen LogP contribution in [0.4, 0.5) is 13.2 Å². The molecule has 1 aliphatic rings. The van der Waals surface area contributed by atoms with Gasteiger partial charge in [-0.3, -0.25) is 4.79 Å². The highest BCUT2D eigenvalue weighted by Crippen LogP contribution is 2.31. The van der Waals surface area contributed by atoms with Crippen LogP contribution in [-0.2, 0) is 22.3 Å². The van der Waals surface area contributed by atoms with E-state index in [1.54, 1.807) is 24.3 Å². The smallest absolute Gasteiger partial charge is 0.416 e. The van der Waals surface area contributed by atoms with Crippen LogP contribution in [0.15, 0.2) is 54.6 Å². The van der Waals surface area contributed by atoms with Crippen molar-refractivity contribution in [2.75, 3.05) is 13.7 Å². The first-order valence-corrected chi connectivity index (χ1v) is 10.7. The number of aromatic nitrogens is 2. The lowest BCUT2D eigenvalue weighted by Gasteiger charge is -2.12. The normalized spacial score (nSPS) is 15.5. The number of carbonyl (C=O) groups excluding carboxylic acids is 2. The second-order valence-corrected chi connectivity index (χ2v) is 7.72. The first-order valence-electron chi connectivity index (χ1n) is 10.7. The predicted octanol–water partition coefficient (Wildman–Crippen LogP) is 3.72. The molecule has 8 nitrogen and oxygen atoms in total. The predicted molar refractivity (Wildman–Crippen MR) is 119 cm³/mol. The Bertz CT molecular complexity index is 1210. The SMILES string of the molecule is COC(=O)c1cc(CN[C@H]2CCNC2=O)nc(-c2ccc(Oc3ccc(C(F)(F)F)cc3)cc2)n1. The molecule has 1 amide bonds. The highest BCUT2D eigenvalue weighted by atomic mass is 19.4. The van der Waals surface area contributed by atoms with Crippen LogP contribution < -0.4 is 15.4 Å². The van der Waals surface area contributed by atoms with Gasteiger partial charge in [0.1, 0.15) is 11.5 Å². The Balaban J connectivity index is 1.52. The first-order chi connectivity index (χ1) is 16.7. The number of amides is 1. The van der Waals surface area contributed by atoms with Crippen LogP contribution in [-0.4, -0.2) is 41.5 Å². The highest BCUT2D eigenvalue weighted by molar-refractivity contribution is 5.87. The number of carbonyl (C=O) groups is 2. The zero-order chi connectivity index (χ0) is 25.0. The summed E-state index contributed by atoms with van der Waals surface area (Å²) in [4.78, 5) is 32.7. The van der Waals surface area contributed by atoms with Crippen molar-refractivity contribution < 1.29 is 32.2 Å². The molecule has 11 heteroatoms. The van der Waals surface area contributed by atoms with Crippen molar-refractivity contribution in [2.45, 2.75) is 25.2 Å². The third-order valence-corrected chi connectivity index (χ3v) is 5.28. The molecule has 0 bridgehead atoms. The average Bonchev–Trinajstić information content (AvgIpc) is 3.27. The fraction of sp³-hybridized carbons (Fsp3) is 0.250. The standard InChI is InChI=1S/C24H21F3N4O4/c1-34-23(33)20-12-16(13-29-19-10-11-28-22(19)32)30-21(31-20)14-2-6-17(7-3-14)35-18-8-4-15(5-9-18)24(25,26)27/h2-9,12,19,29H,10-11,13H2,1H3,(H,28,32)/t19-/m0/s1. The summed E-state index contributed by atoms with van der Waals surface area (Å²) in [6, 6.07) is 12.1. The molecule has 182 valence electrons. The molecular formula is C24H21F3N4O4. The zero-order valence-corrected chi connectivity index (χ0v) is 18.6. The largest absolute Gasteiger partial charge is 0.464 e. The zero-order valence-electron chi connectivity index (χ0n) is 18.6. The lowest BCUT2D eigenvalue weighted by molar-refractivity contribution is -0.137. The van der Waals surface area contributed by atoms with Gasteiger partial charge in [-0.15, -0.1) is 0 Å². The Hall–Kier alpha value is -3.99. The monoisotopic (exact) mass is 486 g/mol. The number of esters is 1. The van der Waals surface area contributed by atoms with Gasteiger partial charge in [-0.2, -0.15) is 13.2 Å². The van der Waals surface area contributed by atoms with Crippen molar-refractivity contribution in [3.05, 3.63) is 71.5 Å². The molecule has 1 aliphatic heterocycles. The molecule has 3 aromatic rings. The van der Waals surface area contributed by atoms with Crippen molar-refractivity contribution in [1.29, 1.82) is 0 Å². The lowest BCUT2D eigenvalue weighted by atomic mass is 10.2. The Labute approximate surface area is 198 Å². The number of benzene rings is 2. The molecule has 0 aliphatic carbocycles. The molecule has 1 saturated heterocycles. The first kappa shape index (κ1) is 24.1. The van der Waals surface area contributed by atoms with Crippen LogP contribution in [0.25, 0.3) is 11.4 Å². The summed E-state index contributed by atoms with van der Waals surface area (Å²) >= 11 is 0. The van der Waals surface area contributed by atoms with Crippen LogP contribution >= 0.6 is 0 Å². The van der Waals surface area contributed by atoms with Gasteiger partial charge in [0.2, 0.25) is 5.91 Å². The summed E-state index contributed by atoms with van der Waals surface area (Å²) in [5.41, 5.74) is 0.382. The number of rotatable bonds is 7. The summed E-state index contributed by atoms with van der Waals surface area (Å²) in [5.74, 6) is 0.194. The molecule has 2 heterocycles. The molecule has 0 unspecified atom stereocenters. The van der Waals surface area contributed by atoms with E-state index in [-0.39, 0.29) is 35.8 Å². The summed E-state index contributed by atoms with van der Waals surface area (Å²) in [7, 11) is 1.25.